The Hall–Kier alpha value is -2.73. The zero-order valence-electron chi connectivity index (χ0n) is 13.5. The van der Waals surface area contributed by atoms with Crippen LogP contribution < -0.4 is 9.47 Å². The monoisotopic (exact) mass is 339 g/mol. The third-order valence-corrected chi connectivity index (χ3v) is 5.08. The maximum Gasteiger partial charge on any atom is 0.333 e. The van der Waals surface area contributed by atoms with Gasteiger partial charge in [-0.25, -0.2) is 4.79 Å². The number of hydrogen-bond acceptors (Lipinski definition) is 5. The fourth-order valence-corrected chi connectivity index (χ4v) is 3.51. The molecule has 0 unspecified atom stereocenters. The second-order valence-electron chi connectivity index (χ2n) is 6.95. The van der Waals surface area contributed by atoms with Crippen LogP contribution in [0, 0.1) is 5.41 Å². The summed E-state index contributed by atoms with van der Waals surface area (Å²) in [5, 5.41) is 9.20. The second kappa shape index (κ2) is 5.13. The van der Waals surface area contributed by atoms with Crippen molar-refractivity contribution < 1.29 is 24.1 Å². The third-order valence-electron chi connectivity index (χ3n) is 5.08. The average molecular weight is 339 g/mol. The van der Waals surface area contributed by atoms with Crippen LogP contribution in [0.25, 0.3) is 11.8 Å². The second-order valence-corrected chi connectivity index (χ2v) is 6.95. The third kappa shape index (κ3) is 2.25. The Morgan fingerprint density at radius 2 is 1.84 bits per heavy atom. The molecule has 0 bridgehead atoms. The maximum absolute atomic E-state index is 11.2. The molecule has 4 aliphatic rings. The Morgan fingerprint density at radius 3 is 2.52 bits per heavy atom. The lowest BCUT2D eigenvalue weighted by molar-refractivity contribution is -0.143. The van der Waals surface area contributed by atoms with E-state index in [9.17, 15) is 9.90 Å². The Labute approximate surface area is 144 Å². The van der Waals surface area contributed by atoms with E-state index in [0.29, 0.717) is 38.5 Å². The number of carboxylic acid groups (broad SMARTS) is 1. The molecule has 1 saturated heterocycles. The number of nitrogens with zero attached hydrogens (tertiary/aromatic N) is 1. The van der Waals surface area contributed by atoms with Crippen molar-refractivity contribution in [2.75, 3.05) is 33.0 Å². The molecule has 25 heavy (non-hydrogen) atoms. The molecular weight excluding hydrogens is 322 g/mol. The number of aliphatic carboxylic acids is 1. The van der Waals surface area contributed by atoms with Crippen molar-refractivity contribution in [2.24, 2.45) is 5.41 Å². The minimum atomic E-state index is -0.888. The number of carbonyl (C=O) groups is 1. The van der Waals surface area contributed by atoms with E-state index in [2.05, 4.69) is 0 Å². The maximum atomic E-state index is 11.2. The molecule has 1 aromatic rings. The van der Waals surface area contributed by atoms with E-state index >= 15 is 0 Å². The van der Waals surface area contributed by atoms with Crippen LogP contribution >= 0.6 is 0 Å². The van der Waals surface area contributed by atoms with E-state index in [1.807, 2.05) is 35.4 Å². The molecule has 5 rings (SSSR count). The highest BCUT2D eigenvalue weighted by molar-refractivity contribution is 5.91. The van der Waals surface area contributed by atoms with Gasteiger partial charge in [-0.1, -0.05) is 0 Å². The normalized spacial score (nSPS) is 22.2. The minimum Gasteiger partial charge on any atom is -0.489 e. The highest BCUT2D eigenvalue weighted by Gasteiger charge is 2.42. The zero-order valence-corrected chi connectivity index (χ0v) is 13.5. The summed E-state index contributed by atoms with van der Waals surface area (Å²) in [6, 6.07) is 3.99. The first-order chi connectivity index (χ1) is 12.1. The molecule has 4 heterocycles. The summed E-state index contributed by atoms with van der Waals surface area (Å²) in [5.41, 5.74) is 3.37. The highest BCUT2D eigenvalue weighted by atomic mass is 16.6. The molecule has 1 spiro atoms. The molecule has 0 aromatic heterocycles. The average Bonchev–Trinajstić information content (AvgIpc) is 2.78. The number of rotatable bonds is 1. The zero-order chi connectivity index (χ0) is 17.0. The summed E-state index contributed by atoms with van der Waals surface area (Å²) >= 11 is 0. The van der Waals surface area contributed by atoms with E-state index < -0.39 is 5.97 Å². The summed E-state index contributed by atoms with van der Waals surface area (Å²) in [5.74, 6) is 0.590. The van der Waals surface area contributed by atoms with Gasteiger partial charge in [0, 0.05) is 17.5 Å². The molecule has 1 N–H and O–H groups in total. The van der Waals surface area contributed by atoms with E-state index in [1.165, 1.54) is 0 Å². The molecule has 4 aliphatic heterocycles. The molecule has 0 atom stereocenters. The summed E-state index contributed by atoms with van der Waals surface area (Å²) < 4.78 is 17.4. The number of fused-ring (bicyclic) bond motifs is 4. The Bertz CT molecular complexity index is 863. The van der Waals surface area contributed by atoms with Gasteiger partial charge in [-0.15, -0.1) is 0 Å². The first kappa shape index (κ1) is 14.6. The Morgan fingerprint density at radius 1 is 1.08 bits per heavy atom. The van der Waals surface area contributed by atoms with Crippen molar-refractivity contribution in [3.05, 3.63) is 47.2 Å². The predicted molar refractivity (Wildman–Crippen MR) is 90.1 cm³/mol. The lowest BCUT2D eigenvalue weighted by atomic mass is 9.88. The van der Waals surface area contributed by atoms with Crippen molar-refractivity contribution in [3.63, 3.8) is 0 Å². The quantitative estimate of drug-likeness (QED) is 0.845. The van der Waals surface area contributed by atoms with Crippen LogP contribution in [-0.4, -0.2) is 48.9 Å². The lowest BCUT2D eigenvalue weighted by Gasteiger charge is -2.38. The number of hydrogen-bond donors (Lipinski definition) is 1. The topological polar surface area (TPSA) is 68.2 Å². The van der Waals surface area contributed by atoms with E-state index in [0.717, 1.165) is 28.3 Å². The number of benzene rings is 1. The van der Waals surface area contributed by atoms with Crippen molar-refractivity contribution in [2.45, 2.75) is 0 Å². The van der Waals surface area contributed by atoms with Crippen LogP contribution in [0.4, 0.5) is 0 Å². The highest BCUT2D eigenvalue weighted by Crippen LogP contribution is 2.42. The standard InChI is InChI=1S/C19H17NO5/c21-18(22)13-1-2-15-14-6-17-16(5-12(14)3-4-20(15)7-13)24-10-19(11-25-17)8-23-9-19/h1-6H,7-11H2,(H,21,22). The minimum absolute atomic E-state index is 0.0371. The molecule has 6 nitrogen and oxygen atoms in total. The van der Waals surface area contributed by atoms with Gasteiger partial charge in [-0.3, -0.25) is 0 Å². The van der Waals surface area contributed by atoms with Gasteiger partial charge in [-0.2, -0.15) is 0 Å². The molecule has 0 saturated carbocycles. The van der Waals surface area contributed by atoms with Gasteiger partial charge in [0.15, 0.2) is 11.5 Å². The van der Waals surface area contributed by atoms with Crippen molar-refractivity contribution in [1.29, 1.82) is 0 Å². The molecule has 0 radical (unpaired) electrons. The van der Waals surface area contributed by atoms with Gasteiger partial charge in [-0.05, 0) is 35.9 Å². The Kier molecular flexibility index (Phi) is 3.00. The fourth-order valence-electron chi connectivity index (χ4n) is 3.51. The number of allylic oxidation sites excluding steroid dienone is 2. The lowest BCUT2D eigenvalue weighted by Crippen LogP contribution is -2.50. The van der Waals surface area contributed by atoms with Crippen LogP contribution in [0.3, 0.4) is 0 Å². The predicted octanol–water partition coefficient (Wildman–Crippen LogP) is 2.13. The van der Waals surface area contributed by atoms with Gasteiger partial charge in [0.1, 0.15) is 13.2 Å². The molecule has 1 aromatic carbocycles. The van der Waals surface area contributed by atoms with Crippen molar-refractivity contribution in [3.8, 4) is 11.5 Å². The number of carboxylic acids is 1. The van der Waals surface area contributed by atoms with Gasteiger partial charge in [0.25, 0.3) is 0 Å². The van der Waals surface area contributed by atoms with E-state index in [4.69, 9.17) is 14.2 Å². The molecular formula is C19H17NO5. The molecule has 6 heteroatoms. The molecule has 0 aliphatic carbocycles. The number of ether oxygens (including phenoxy) is 3. The van der Waals surface area contributed by atoms with Gasteiger partial charge in [0.2, 0.25) is 0 Å². The van der Waals surface area contributed by atoms with Crippen molar-refractivity contribution >= 4 is 17.7 Å². The molecule has 0 amide bonds. The van der Waals surface area contributed by atoms with Crippen molar-refractivity contribution in [1.82, 2.24) is 4.90 Å². The van der Waals surface area contributed by atoms with Gasteiger partial charge < -0.3 is 24.2 Å². The fraction of sp³-hybridized carbons (Fsp3) is 0.316. The Balaban J connectivity index is 1.53. The first-order valence-electron chi connectivity index (χ1n) is 8.24. The van der Waals surface area contributed by atoms with Gasteiger partial charge in [0.05, 0.1) is 30.7 Å². The summed E-state index contributed by atoms with van der Waals surface area (Å²) in [4.78, 5) is 13.1. The summed E-state index contributed by atoms with van der Waals surface area (Å²) in [6.45, 7) is 2.87. The largest absolute Gasteiger partial charge is 0.489 e. The molecule has 1 fully saturated rings. The first-order valence-corrected chi connectivity index (χ1v) is 8.24. The SMILES string of the molecule is O=C(O)C1=CC=C2c3cc4c(cc3C=CN2C1)OCC1(COC1)CO4. The summed E-state index contributed by atoms with van der Waals surface area (Å²) in [6.07, 6.45) is 7.41. The molecule has 128 valence electrons. The smallest absolute Gasteiger partial charge is 0.333 e. The summed E-state index contributed by atoms with van der Waals surface area (Å²) in [7, 11) is 0. The van der Waals surface area contributed by atoms with Crippen LogP contribution in [0.1, 0.15) is 11.1 Å². The van der Waals surface area contributed by atoms with Gasteiger partial charge >= 0.3 is 5.97 Å². The van der Waals surface area contributed by atoms with E-state index in [1.54, 1.807) is 6.08 Å². The van der Waals surface area contributed by atoms with E-state index in [-0.39, 0.29) is 5.41 Å². The van der Waals surface area contributed by atoms with Crippen LogP contribution in [0.15, 0.2) is 36.1 Å². The van der Waals surface area contributed by atoms with Crippen LogP contribution in [-0.2, 0) is 9.53 Å². The van der Waals surface area contributed by atoms with Crippen LogP contribution in [0.2, 0.25) is 0 Å². The van der Waals surface area contributed by atoms with Crippen LogP contribution in [0.5, 0.6) is 11.5 Å².